The van der Waals surface area contributed by atoms with Gasteiger partial charge < -0.3 is 14.6 Å². The molecule has 1 saturated heterocycles. The van der Waals surface area contributed by atoms with Crippen molar-refractivity contribution in [1.29, 1.82) is 0 Å². The quantitative estimate of drug-likeness (QED) is 0.572. The van der Waals surface area contributed by atoms with Crippen LogP contribution >= 0.6 is 0 Å². The van der Waals surface area contributed by atoms with Gasteiger partial charge in [0.1, 0.15) is 11.6 Å². The first-order valence-electron chi connectivity index (χ1n) is 12.2. The van der Waals surface area contributed by atoms with Gasteiger partial charge in [-0.05, 0) is 38.9 Å². The number of aromatic amines is 1. The van der Waals surface area contributed by atoms with Crippen LogP contribution in [0.15, 0.2) is 27.9 Å². The Balaban J connectivity index is 1.53. The van der Waals surface area contributed by atoms with Gasteiger partial charge in [0.2, 0.25) is 10.0 Å². The number of piperazine rings is 1. The molecule has 0 spiro atoms. The topological polar surface area (TPSA) is 113 Å². The lowest BCUT2D eigenvalue weighted by atomic mass is 9.87. The van der Waals surface area contributed by atoms with E-state index >= 15 is 0 Å². The van der Waals surface area contributed by atoms with Gasteiger partial charge in [-0.25, -0.2) is 17.9 Å². The van der Waals surface area contributed by atoms with E-state index in [-0.39, 0.29) is 16.4 Å². The number of nitrogens with one attached hydrogen (secondary N) is 1. The molecule has 10 nitrogen and oxygen atoms in total. The molecule has 11 heteroatoms. The second-order valence-electron chi connectivity index (χ2n) is 9.51. The van der Waals surface area contributed by atoms with Crippen molar-refractivity contribution in [2.24, 2.45) is 0 Å². The van der Waals surface area contributed by atoms with Crippen LogP contribution < -0.4 is 10.3 Å². The Bertz CT molecular complexity index is 1400. The van der Waals surface area contributed by atoms with Gasteiger partial charge in [0.05, 0.1) is 23.3 Å². The Morgan fingerprint density at radius 2 is 1.80 bits per heavy atom. The van der Waals surface area contributed by atoms with E-state index in [9.17, 15) is 13.2 Å². The molecular weight excluding hydrogens is 468 g/mol. The van der Waals surface area contributed by atoms with Gasteiger partial charge in [-0.2, -0.15) is 4.31 Å². The maximum atomic E-state index is 13.2. The molecule has 3 heterocycles. The zero-order chi connectivity index (χ0) is 24.7. The Kier molecular flexibility index (Phi) is 6.41. The number of hydrogen-bond donors (Lipinski definition) is 1. The Labute approximate surface area is 205 Å². The van der Waals surface area contributed by atoms with Gasteiger partial charge in [-0.15, -0.1) is 5.10 Å². The number of imidazole rings is 1. The fourth-order valence-corrected chi connectivity index (χ4v) is 6.60. The van der Waals surface area contributed by atoms with Crippen LogP contribution in [-0.4, -0.2) is 77.5 Å². The smallest absolute Gasteiger partial charge is 0.277 e. The number of nitrogens with zero attached hydrogens (tertiary/aromatic N) is 5. The summed E-state index contributed by atoms with van der Waals surface area (Å²) in [4.78, 5) is 23.1. The Hall–Kier alpha value is -2.76. The SMILES string of the molecule is COc1cc(S(=O)(=O)N2CCN(C)CC2)ccc1-c1nn2c(C)nc(C3CCCCC3)c2c(=O)[nH]1. The van der Waals surface area contributed by atoms with Crippen molar-refractivity contribution < 1.29 is 13.2 Å². The van der Waals surface area contributed by atoms with Crippen LogP contribution in [-0.2, 0) is 10.0 Å². The van der Waals surface area contributed by atoms with E-state index in [1.165, 1.54) is 23.9 Å². The molecular formula is C24H32N6O4S. The van der Waals surface area contributed by atoms with E-state index in [2.05, 4.69) is 15.0 Å². The van der Waals surface area contributed by atoms with E-state index in [4.69, 9.17) is 9.72 Å². The molecule has 2 aromatic heterocycles. The van der Waals surface area contributed by atoms with Crippen molar-refractivity contribution >= 4 is 15.5 Å². The number of sulfonamides is 1. The first-order chi connectivity index (χ1) is 16.8. The number of methoxy groups -OCH3 is 1. The average Bonchev–Trinajstić information content (AvgIpc) is 3.21. The predicted octanol–water partition coefficient (Wildman–Crippen LogP) is 2.39. The van der Waals surface area contributed by atoms with Gasteiger partial charge in [0.25, 0.3) is 5.56 Å². The van der Waals surface area contributed by atoms with Crippen LogP contribution in [0.25, 0.3) is 16.9 Å². The lowest BCUT2D eigenvalue weighted by molar-refractivity contribution is 0.222. The largest absolute Gasteiger partial charge is 0.496 e. The third kappa shape index (κ3) is 4.36. The minimum atomic E-state index is -3.66. The first kappa shape index (κ1) is 24.0. The maximum absolute atomic E-state index is 13.2. The molecule has 0 amide bonds. The molecule has 1 aliphatic heterocycles. The molecule has 1 aliphatic carbocycles. The van der Waals surface area contributed by atoms with Crippen LogP contribution in [0.3, 0.4) is 0 Å². The summed E-state index contributed by atoms with van der Waals surface area (Å²) < 4.78 is 35.0. The van der Waals surface area contributed by atoms with Crippen molar-refractivity contribution in [2.45, 2.75) is 49.8 Å². The second-order valence-corrected chi connectivity index (χ2v) is 11.4. The summed E-state index contributed by atoms with van der Waals surface area (Å²) in [5, 5.41) is 4.67. The molecule has 0 radical (unpaired) electrons. The second kappa shape index (κ2) is 9.36. The van der Waals surface area contributed by atoms with Crippen LogP contribution in [0.2, 0.25) is 0 Å². The van der Waals surface area contributed by atoms with E-state index in [0.29, 0.717) is 54.7 Å². The Morgan fingerprint density at radius 3 is 2.49 bits per heavy atom. The molecule has 2 fully saturated rings. The molecule has 0 atom stereocenters. The highest BCUT2D eigenvalue weighted by atomic mass is 32.2. The molecule has 35 heavy (non-hydrogen) atoms. The lowest BCUT2D eigenvalue weighted by Crippen LogP contribution is -2.47. The highest BCUT2D eigenvalue weighted by molar-refractivity contribution is 7.89. The van der Waals surface area contributed by atoms with Crippen molar-refractivity contribution in [2.75, 3.05) is 40.3 Å². The number of ether oxygens (including phenoxy) is 1. The molecule has 1 N–H and O–H groups in total. The fourth-order valence-electron chi connectivity index (χ4n) is 5.16. The number of likely N-dealkylation sites (N-methyl/N-ethyl adjacent to an activating group) is 1. The summed E-state index contributed by atoms with van der Waals surface area (Å²) in [5.41, 5.74) is 1.57. The van der Waals surface area contributed by atoms with Gasteiger partial charge in [-0.3, -0.25) is 4.79 Å². The summed E-state index contributed by atoms with van der Waals surface area (Å²) in [6, 6.07) is 4.69. The fraction of sp³-hybridized carbons (Fsp3) is 0.542. The van der Waals surface area contributed by atoms with Crippen molar-refractivity contribution in [3.63, 3.8) is 0 Å². The molecule has 0 bridgehead atoms. The minimum Gasteiger partial charge on any atom is -0.496 e. The number of benzene rings is 1. The molecule has 2 aliphatic rings. The van der Waals surface area contributed by atoms with Crippen molar-refractivity contribution in [3.05, 3.63) is 40.1 Å². The lowest BCUT2D eigenvalue weighted by Gasteiger charge is -2.31. The number of H-pyrrole nitrogens is 1. The van der Waals surface area contributed by atoms with E-state index in [1.807, 2.05) is 14.0 Å². The van der Waals surface area contributed by atoms with Crippen LogP contribution in [0.5, 0.6) is 5.75 Å². The standard InChI is InChI=1S/C24H32N6O4S/c1-16-25-21(17-7-5-4-6-8-17)22-24(31)26-23(27-30(16)22)19-10-9-18(15-20(19)34-3)35(32,33)29-13-11-28(2)12-14-29/h9-10,15,17H,4-8,11-14H2,1-3H3,(H,26,27,31). The van der Waals surface area contributed by atoms with Gasteiger partial charge in [-0.1, -0.05) is 19.3 Å². The number of hydrogen-bond acceptors (Lipinski definition) is 7. The van der Waals surface area contributed by atoms with Gasteiger partial charge in [0, 0.05) is 38.2 Å². The summed E-state index contributed by atoms with van der Waals surface area (Å²) in [5.74, 6) is 1.56. The highest BCUT2D eigenvalue weighted by Gasteiger charge is 2.29. The third-order valence-corrected chi connectivity index (χ3v) is 9.10. The van der Waals surface area contributed by atoms with E-state index < -0.39 is 10.0 Å². The number of aromatic nitrogens is 4. The van der Waals surface area contributed by atoms with Crippen LogP contribution in [0.4, 0.5) is 0 Å². The maximum Gasteiger partial charge on any atom is 0.277 e. The zero-order valence-electron chi connectivity index (χ0n) is 20.5. The van der Waals surface area contributed by atoms with E-state index in [0.717, 1.165) is 31.4 Å². The number of fused-ring (bicyclic) bond motifs is 1. The molecule has 3 aromatic rings. The molecule has 1 aromatic carbocycles. The van der Waals surface area contributed by atoms with Gasteiger partial charge in [0.15, 0.2) is 11.3 Å². The molecule has 188 valence electrons. The average molecular weight is 501 g/mol. The first-order valence-corrected chi connectivity index (χ1v) is 13.6. The van der Waals surface area contributed by atoms with Crippen LogP contribution in [0, 0.1) is 6.92 Å². The molecule has 5 rings (SSSR count). The van der Waals surface area contributed by atoms with Crippen molar-refractivity contribution in [3.8, 4) is 17.1 Å². The van der Waals surface area contributed by atoms with Gasteiger partial charge >= 0.3 is 0 Å². The monoisotopic (exact) mass is 500 g/mol. The third-order valence-electron chi connectivity index (χ3n) is 7.21. The van der Waals surface area contributed by atoms with Crippen molar-refractivity contribution in [1.82, 2.24) is 28.8 Å². The molecule has 0 unspecified atom stereocenters. The minimum absolute atomic E-state index is 0.157. The number of rotatable bonds is 5. The number of aryl methyl sites for hydroxylation is 1. The summed E-state index contributed by atoms with van der Waals surface area (Å²) in [7, 11) is -0.200. The van der Waals surface area contributed by atoms with Crippen LogP contribution in [0.1, 0.15) is 49.5 Å². The summed E-state index contributed by atoms with van der Waals surface area (Å²) in [6.45, 7) is 4.10. The normalized spacial score (nSPS) is 18.8. The molecule has 1 saturated carbocycles. The Morgan fingerprint density at radius 1 is 1.09 bits per heavy atom. The highest BCUT2D eigenvalue weighted by Crippen LogP contribution is 2.35. The predicted molar refractivity (Wildman–Crippen MR) is 132 cm³/mol. The van der Waals surface area contributed by atoms with E-state index in [1.54, 1.807) is 16.6 Å². The summed E-state index contributed by atoms with van der Waals surface area (Å²) >= 11 is 0. The zero-order valence-corrected chi connectivity index (χ0v) is 21.3. The summed E-state index contributed by atoms with van der Waals surface area (Å²) in [6.07, 6.45) is 5.58.